The number of rotatable bonds is 7. The van der Waals surface area contributed by atoms with Gasteiger partial charge < -0.3 is 16.2 Å². The van der Waals surface area contributed by atoms with Crippen LogP contribution in [-0.4, -0.2) is 41.2 Å². The summed E-state index contributed by atoms with van der Waals surface area (Å²) in [5, 5.41) is 12.8. The Labute approximate surface area is 147 Å². The molecule has 0 fully saturated rings. The lowest BCUT2D eigenvalue weighted by Gasteiger charge is -2.25. The molecule has 0 saturated heterocycles. The van der Waals surface area contributed by atoms with Gasteiger partial charge in [0.1, 0.15) is 11.7 Å². The molecule has 5 nitrogen and oxygen atoms in total. The molecule has 138 valence electrons. The van der Waals surface area contributed by atoms with Crippen LogP contribution in [0.5, 0.6) is 0 Å². The zero-order chi connectivity index (χ0) is 18.6. The van der Waals surface area contributed by atoms with Gasteiger partial charge in [-0.1, -0.05) is 12.2 Å². The minimum Gasteiger partial charge on any atom is -0.386 e. The highest BCUT2D eigenvalue weighted by atomic mass is 32.1. The fourth-order valence-corrected chi connectivity index (χ4v) is 3.38. The van der Waals surface area contributed by atoms with Crippen LogP contribution in [-0.2, 0) is 4.79 Å². The second kappa shape index (κ2) is 8.59. The molecule has 1 aromatic heterocycles. The Balaban J connectivity index is 2.08. The standard InChI is InChI=1S/C16H20F3N3O2S/c1-8(20)16-21-7-12(25-16)9-2-4-10(5-3-9)13(23)11(6-17)22-15(24)14(18)19/h2,4,7-8,11,13-14,23H,3,5-6,20H2,1H3,(H,22,24)/t8?,11-,13-/m1/s1. The van der Waals surface area contributed by atoms with E-state index in [2.05, 4.69) is 4.98 Å². The predicted octanol–water partition coefficient (Wildman–Crippen LogP) is 2.35. The lowest BCUT2D eigenvalue weighted by molar-refractivity contribution is -0.133. The number of thiazole rings is 1. The second-order valence-electron chi connectivity index (χ2n) is 5.80. The highest BCUT2D eigenvalue weighted by Gasteiger charge is 2.28. The van der Waals surface area contributed by atoms with Gasteiger partial charge in [0.05, 0.1) is 23.1 Å². The third-order valence-corrected chi connectivity index (χ3v) is 5.14. The van der Waals surface area contributed by atoms with Crippen LogP contribution in [0.2, 0.25) is 0 Å². The molecule has 0 radical (unpaired) electrons. The van der Waals surface area contributed by atoms with Gasteiger partial charge in [-0.25, -0.2) is 9.37 Å². The summed E-state index contributed by atoms with van der Waals surface area (Å²) < 4.78 is 37.6. The number of aromatic nitrogens is 1. The van der Waals surface area contributed by atoms with E-state index >= 15 is 0 Å². The number of alkyl halides is 3. The highest BCUT2D eigenvalue weighted by molar-refractivity contribution is 7.12. The van der Waals surface area contributed by atoms with Gasteiger partial charge in [0.25, 0.3) is 5.91 Å². The maximum absolute atomic E-state index is 13.0. The van der Waals surface area contributed by atoms with E-state index in [1.807, 2.05) is 12.2 Å². The van der Waals surface area contributed by atoms with Crippen LogP contribution in [0.3, 0.4) is 0 Å². The molecule has 1 heterocycles. The van der Waals surface area contributed by atoms with Crippen LogP contribution in [0.4, 0.5) is 13.2 Å². The number of amides is 1. The molecule has 0 saturated carbocycles. The summed E-state index contributed by atoms with van der Waals surface area (Å²) in [6.07, 6.45) is 1.56. The second-order valence-corrected chi connectivity index (χ2v) is 6.86. The summed E-state index contributed by atoms with van der Waals surface area (Å²) in [7, 11) is 0. The number of carbonyl (C=O) groups excluding carboxylic acids is 1. The fourth-order valence-electron chi connectivity index (χ4n) is 2.46. The van der Waals surface area contributed by atoms with Gasteiger partial charge >= 0.3 is 6.43 Å². The number of hydrogen-bond acceptors (Lipinski definition) is 5. The Morgan fingerprint density at radius 2 is 2.16 bits per heavy atom. The molecule has 1 amide bonds. The fraction of sp³-hybridized carbons (Fsp3) is 0.500. The molecule has 0 spiro atoms. The molecular weight excluding hydrogens is 355 g/mol. The molecule has 9 heteroatoms. The summed E-state index contributed by atoms with van der Waals surface area (Å²) in [5.41, 5.74) is 7.28. The number of allylic oxidation sites excluding steroid dienone is 3. The first-order chi connectivity index (χ1) is 11.8. The number of nitrogens with one attached hydrogen (secondary N) is 1. The molecule has 2 rings (SSSR count). The van der Waals surface area contributed by atoms with Crippen molar-refractivity contribution in [3.63, 3.8) is 0 Å². The molecular formula is C16H20F3N3O2S. The van der Waals surface area contributed by atoms with Crippen LogP contribution in [0.1, 0.15) is 35.7 Å². The van der Waals surface area contributed by atoms with E-state index in [0.717, 1.165) is 15.5 Å². The van der Waals surface area contributed by atoms with Crippen LogP contribution in [0.25, 0.3) is 5.57 Å². The minimum absolute atomic E-state index is 0.153. The third-order valence-electron chi connectivity index (χ3n) is 3.86. The van der Waals surface area contributed by atoms with E-state index in [1.54, 1.807) is 18.3 Å². The van der Waals surface area contributed by atoms with Gasteiger partial charge in [0, 0.05) is 6.20 Å². The van der Waals surface area contributed by atoms with Crippen molar-refractivity contribution in [1.82, 2.24) is 10.3 Å². The van der Waals surface area contributed by atoms with Gasteiger partial charge in [-0.2, -0.15) is 8.78 Å². The van der Waals surface area contributed by atoms with E-state index in [4.69, 9.17) is 5.73 Å². The summed E-state index contributed by atoms with van der Waals surface area (Å²) in [6, 6.07) is -1.55. The van der Waals surface area contributed by atoms with Crippen molar-refractivity contribution >= 4 is 22.8 Å². The summed E-state index contributed by atoms with van der Waals surface area (Å²) in [6.45, 7) is 0.706. The van der Waals surface area contributed by atoms with Gasteiger partial charge in [-0.3, -0.25) is 4.79 Å². The number of aliphatic hydroxyl groups excluding tert-OH is 1. The smallest absolute Gasteiger partial charge is 0.315 e. The number of carbonyl (C=O) groups is 1. The number of halogens is 3. The van der Waals surface area contributed by atoms with Crippen LogP contribution in [0, 0.1) is 0 Å². The molecule has 0 aliphatic heterocycles. The highest BCUT2D eigenvalue weighted by Crippen LogP contribution is 2.32. The lowest BCUT2D eigenvalue weighted by Crippen LogP contribution is -2.47. The molecule has 1 aliphatic carbocycles. The summed E-state index contributed by atoms with van der Waals surface area (Å²) in [5.74, 6) is -1.59. The monoisotopic (exact) mass is 375 g/mol. The molecule has 1 unspecified atom stereocenters. The minimum atomic E-state index is -3.25. The Kier molecular flexibility index (Phi) is 6.74. The molecule has 0 bridgehead atoms. The summed E-state index contributed by atoms with van der Waals surface area (Å²) >= 11 is 1.48. The maximum atomic E-state index is 13.0. The molecule has 0 aromatic carbocycles. The zero-order valence-corrected chi connectivity index (χ0v) is 14.4. The SMILES string of the molecule is CC(N)c1ncc(C2=CC=C([C@@H](O)[C@@H](CF)NC(=O)C(F)F)CC2)s1. The first-order valence-corrected chi connectivity index (χ1v) is 8.59. The van der Waals surface area contributed by atoms with Gasteiger partial charge in [-0.15, -0.1) is 11.3 Å². The first-order valence-electron chi connectivity index (χ1n) is 7.77. The van der Waals surface area contributed by atoms with Crippen molar-refractivity contribution in [2.75, 3.05) is 6.67 Å². The van der Waals surface area contributed by atoms with E-state index in [9.17, 15) is 23.1 Å². The van der Waals surface area contributed by atoms with Crippen molar-refractivity contribution in [2.45, 2.75) is 44.4 Å². The van der Waals surface area contributed by atoms with E-state index in [0.29, 0.717) is 18.4 Å². The largest absolute Gasteiger partial charge is 0.386 e. The normalized spacial score (nSPS) is 18.4. The van der Waals surface area contributed by atoms with Crippen LogP contribution < -0.4 is 11.1 Å². The van der Waals surface area contributed by atoms with E-state index < -0.39 is 31.2 Å². The Bertz CT molecular complexity index is 673. The molecule has 25 heavy (non-hydrogen) atoms. The van der Waals surface area contributed by atoms with Crippen molar-refractivity contribution in [3.8, 4) is 0 Å². The molecule has 3 atom stereocenters. The topological polar surface area (TPSA) is 88.2 Å². The van der Waals surface area contributed by atoms with Crippen molar-refractivity contribution < 1.29 is 23.1 Å². The zero-order valence-electron chi connectivity index (χ0n) is 13.6. The van der Waals surface area contributed by atoms with E-state index in [1.165, 1.54) is 11.3 Å². The maximum Gasteiger partial charge on any atom is 0.315 e. The van der Waals surface area contributed by atoms with Crippen LogP contribution in [0.15, 0.2) is 23.9 Å². The molecule has 4 N–H and O–H groups in total. The predicted molar refractivity (Wildman–Crippen MR) is 89.9 cm³/mol. The summed E-state index contributed by atoms with van der Waals surface area (Å²) in [4.78, 5) is 16.2. The van der Waals surface area contributed by atoms with Crippen LogP contribution >= 0.6 is 11.3 Å². The van der Waals surface area contributed by atoms with E-state index in [-0.39, 0.29) is 6.04 Å². The van der Waals surface area contributed by atoms with Crippen molar-refractivity contribution in [3.05, 3.63) is 33.8 Å². The lowest BCUT2D eigenvalue weighted by atomic mass is 9.91. The number of aliphatic hydroxyl groups is 1. The van der Waals surface area contributed by atoms with Crippen molar-refractivity contribution in [2.24, 2.45) is 5.73 Å². The molecule has 1 aromatic rings. The Hall–Kier alpha value is -1.71. The van der Waals surface area contributed by atoms with Crippen molar-refractivity contribution in [1.29, 1.82) is 0 Å². The average molecular weight is 375 g/mol. The third kappa shape index (κ3) is 4.90. The molecule has 1 aliphatic rings. The number of nitrogens with two attached hydrogens (primary N) is 1. The number of hydrogen-bond donors (Lipinski definition) is 3. The number of nitrogens with zero attached hydrogens (tertiary/aromatic N) is 1. The van der Waals surface area contributed by atoms with Gasteiger partial charge in [0.15, 0.2) is 0 Å². The quantitative estimate of drug-likeness (QED) is 0.683. The first kappa shape index (κ1) is 19.6. The van der Waals surface area contributed by atoms with Gasteiger partial charge in [-0.05, 0) is 30.9 Å². The van der Waals surface area contributed by atoms with Gasteiger partial charge in [0.2, 0.25) is 0 Å². The Morgan fingerprint density at radius 3 is 2.64 bits per heavy atom. The average Bonchev–Trinajstić information content (AvgIpc) is 3.09. The Morgan fingerprint density at radius 1 is 1.44 bits per heavy atom.